The molecule has 1 amide bonds. The second kappa shape index (κ2) is 8.85. The van der Waals surface area contributed by atoms with Gasteiger partial charge in [0.25, 0.3) is 5.91 Å². The van der Waals surface area contributed by atoms with Crippen LogP contribution >= 0.6 is 22.9 Å². The van der Waals surface area contributed by atoms with Crippen molar-refractivity contribution < 1.29 is 9.53 Å². The van der Waals surface area contributed by atoms with Gasteiger partial charge >= 0.3 is 0 Å². The predicted octanol–water partition coefficient (Wildman–Crippen LogP) is 4.15. The molecule has 0 unspecified atom stereocenters. The minimum Gasteiger partial charge on any atom is -0.373 e. The summed E-state index contributed by atoms with van der Waals surface area (Å²) >= 11 is 7.38. The van der Waals surface area contributed by atoms with Crippen LogP contribution in [0.4, 0.5) is 5.13 Å². The van der Waals surface area contributed by atoms with E-state index in [0.29, 0.717) is 15.7 Å². The van der Waals surface area contributed by atoms with Gasteiger partial charge in [0.05, 0.1) is 41.0 Å². The maximum Gasteiger partial charge on any atom is 0.260 e. The smallest absolute Gasteiger partial charge is 0.260 e. The Kier molecular flexibility index (Phi) is 6.19. The Morgan fingerprint density at radius 3 is 2.67 bits per heavy atom. The van der Waals surface area contributed by atoms with E-state index in [1.165, 1.54) is 11.3 Å². The van der Waals surface area contributed by atoms with Crippen molar-refractivity contribution >= 4 is 34.0 Å². The normalized spacial score (nSPS) is 19.7. The van der Waals surface area contributed by atoms with Crippen molar-refractivity contribution in [1.29, 1.82) is 0 Å². The van der Waals surface area contributed by atoms with Crippen molar-refractivity contribution in [3.8, 4) is 5.69 Å². The fourth-order valence-corrected chi connectivity index (χ4v) is 4.54. The molecule has 1 aliphatic rings. The van der Waals surface area contributed by atoms with E-state index in [9.17, 15) is 4.79 Å². The van der Waals surface area contributed by atoms with E-state index in [1.807, 2.05) is 24.4 Å². The quantitative estimate of drug-likeness (QED) is 0.638. The van der Waals surface area contributed by atoms with Crippen LogP contribution in [0.15, 0.2) is 35.8 Å². The minimum atomic E-state index is -0.220. The number of carbonyl (C=O) groups excluding carboxylic acids is 1. The van der Waals surface area contributed by atoms with E-state index < -0.39 is 0 Å². The Hall–Kier alpha value is -2.26. The van der Waals surface area contributed by atoms with E-state index in [0.717, 1.165) is 36.7 Å². The molecular formula is C21H24ClN5O2S. The molecule has 1 fully saturated rings. The van der Waals surface area contributed by atoms with E-state index in [-0.39, 0.29) is 18.1 Å². The molecule has 30 heavy (non-hydrogen) atoms. The lowest BCUT2D eigenvalue weighted by Gasteiger charge is -2.34. The number of ether oxygens (including phenoxy) is 1. The molecular weight excluding hydrogens is 422 g/mol. The highest BCUT2D eigenvalue weighted by Crippen LogP contribution is 2.21. The van der Waals surface area contributed by atoms with Crippen LogP contribution in [-0.2, 0) is 11.3 Å². The third kappa shape index (κ3) is 4.73. The molecule has 4 rings (SSSR count). The Morgan fingerprint density at radius 1 is 1.27 bits per heavy atom. The molecule has 0 bridgehead atoms. The molecule has 2 atom stereocenters. The summed E-state index contributed by atoms with van der Waals surface area (Å²) in [4.78, 5) is 19.7. The summed E-state index contributed by atoms with van der Waals surface area (Å²) in [6.07, 6.45) is 2.00. The number of aromatic nitrogens is 3. The highest BCUT2D eigenvalue weighted by molar-refractivity contribution is 7.14. The Morgan fingerprint density at radius 2 is 1.97 bits per heavy atom. The number of thiazole rings is 1. The zero-order chi connectivity index (χ0) is 21.3. The maximum atomic E-state index is 12.8. The van der Waals surface area contributed by atoms with Crippen LogP contribution in [0.3, 0.4) is 0 Å². The molecule has 1 aromatic carbocycles. The summed E-state index contributed by atoms with van der Waals surface area (Å²) in [5.41, 5.74) is 3.06. The van der Waals surface area contributed by atoms with Gasteiger partial charge in [-0.2, -0.15) is 5.10 Å². The number of benzene rings is 1. The molecule has 0 radical (unpaired) electrons. The van der Waals surface area contributed by atoms with Crippen molar-refractivity contribution in [3.63, 3.8) is 0 Å². The number of halogens is 1. The number of hydrogen-bond acceptors (Lipinski definition) is 6. The van der Waals surface area contributed by atoms with Gasteiger partial charge in [0.1, 0.15) is 0 Å². The maximum absolute atomic E-state index is 12.8. The lowest BCUT2D eigenvalue weighted by molar-refractivity contribution is -0.0707. The number of nitrogens with one attached hydrogen (secondary N) is 1. The van der Waals surface area contributed by atoms with Crippen molar-refractivity contribution in [2.24, 2.45) is 0 Å². The van der Waals surface area contributed by atoms with E-state index in [4.69, 9.17) is 16.3 Å². The van der Waals surface area contributed by atoms with E-state index >= 15 is 0 Å². The van der Waals surface area contributed by atoms with Crippen molar-refractivity contribution in [1.82, 2.24) is 19.7 Å². The predicted molar refractivity (Wildman–Crippen MR) is 119 cm³/mol. The molecule has 1 saturated heterocycles. The van der Waals surface area contributed by atoms with Crippen molar-refractivity contribution in [2.45, 2.75) is 39.5 Å². The van der Waals surface area contributed by atoms with Crippen molar-refractivity contribution in [2.75, 3.05) is 18.4 Å². The fraction of sp³-hybridized carbons (Fsp3) is 0.381. The zero-order valence-electron chi connectivity index (χ0n) is 17.1. The van der Waals surface area contributed by atoms with Gasteiger partial charge in [0.15, 0.2) is 5.13 Å². The van der Waals surface area contributed by atoms with Crippen molar-refractivity contribution in [3.05, 3.63) is 57.8 Å². The molecule has 0 saturated carbocycles. The molecule has 7 nitrogen and oxygen atoms in total. The van der Waals surface area contributed by atoms with Gasteiger partial charge in [-0.05, 0) is 45.0 Å². The Balaban J connectivity index is 1.42. The minimum absolute atomic E-state index is 0.215. The highest BCUT2D eigenvalue weighted by atomic mass is 35.5. The first-order chi connectivity index (χ1) is 14.4. The lowest BCUT2D eigenvalue weighted by Crippen LogP contribution is -2.44. The third-order valence-electron chi connectivity index (χ3n) is 4.98. The van der Waals surface area contributed by atoms with Gasteiger partial charge in [0.2, 0.25) is 0 Å². The molecule has 2 aromatic heterocycles. The van der Waals surface area contributed by atoms with Crippen LogP contribution in [0, 0.1) is 6.92 Å². The molecule has 0 spiro atoms. The number of hydrogen-bond donors (Lipinski definition) is 1. The molecule has 1 aliphatic heterocycles. The van der Waals surface area contributed by atoms with Crippen LogP contribution in [-0.4, -0.2) is 50.9 Å². The number of nitrogens with zero attached hydrogens (tertiary/aromatic N) is 4. The summed E-state index contributed by atoms with van der Waals surface area (Å²) in [5.74, 6) is -0.220. The number of rotatable bonds is 5. The number of morpholine rings is 1. The molecule has 3 aromatic rings. The van der Waals surface area contributed by atoms with Gasteiger partial charge in [-0.25, -0.2) is 9.67 Å². The van der Waals surface area contributed by atoms with E-state index in [1.54, 1.807) is 23.0 Å². The van der Waals surface area contributed by atoms with Gasteiger partial charge in [-0.1, -0.05) is 11.6 Å². The summed E-state index contributed by atoms with van der Waals surface area (Å²) in [6, 6.07) is 7.32. The first kappa shape index (κ1) is 21.0. The van der Waals surface area contributed by atoms with Crippen LogP contribution in [0.1, 0.15) is 35.6 Å². The molecule has 3 heterocycles. The molecule has 158 valence electrons. The van der Waals surface area contributed by atoms with Gasteiger partial charge < -0.3 is 4.74 Å². The van der Waals surface area contributed by atoms with Gasteiger partial charge in [0, 0.05) is 30.0 Å². The third-order valence-corrected chi connectivity index (χ3v) is 6.04. The summed E-state index contributed by atoms with van der Waals surface area (Å²) in [5, 5.41) is 10.5. The summed E-state index contributed by atoms with van der Waals surface area (Å²) < 4.78 is 7.50. The van der Waals surface area contributed by atoms with Crippen LogP contribution in [0.25, 0.3) is 5.69 Å². The second-order valence-corrected chi connectivity index (χ2v) is 8.88. The second-order valence-electron chi connectivity index (χ2n) is 7.58. The molecule has 9 heteroatoms. The number of carbonyl (C=O) groups is 1. The number of amides is 1. The Labute approximate surface area is 184 Å². The number of anilines is 1. The lowest BCUT2D eigenvalue weighted by atomic mass is 10.2. The SMILES string of the molecule is Cc1c(C(=O)Nc2nc(CN3C[C@@H](C)O[C@@H](C)C3)cs2)cnn1-c1ccc(Cl)cc1. The highest BCUT2D eigenvalue weighted by Gasteiger charge is 2.23. The van der Waals surface area contributed by atoms with Crippen LogP contribution in [0.2, 0.25) is 5.02 Å². The zero-order valence-corrected chi connectivity index (χ0v) is 18.7. The van der Waals surface area contributed by atoms with Crippen LogP contribution in [0.5, 0.6) is 0 Å². The van der Waals surface area contributed by atoms with Gasteiger partial charge in [-0.3, -0.25) is 15.0 Å². The average molecular weight is 446 g/mol. The topological polar surface area (TPSA) is 72.3 Å². The average Bonchev–Trinajstić information content (AvgIpc) is 3.28. The molecule has 1 N–H and O–H groups in total. The molecule has 0 aliphatic carbocycles. The first-order valence-corrected chi connectivity index (χ1v) is 11.1. The standard InChI is InChI=1S/C21H24ClN5O2S/c1-13-9-26(10-14(2)29-13)11-17-12-30-21(24-17)25-20(28)19-8-23-27(15(19)3)18-6-4-16(22)5-7-18/h4-8,12-14H,9-11H2,1-3H3,(H,24,25,28)/t13-,14+. The Bertz CT molecular complexity index is 1020. The summed E-state index contributed by atoms with van der Waals surface area (Å²) in [6.45, 7) is 8.55. The van der Waals surface area contributed by atoms with Gasteiger partial charge in [-0.15, -0.1) is 11.3 Å². The monoisotopic (exact) mass is 445 g/mol. The van der Waals surface area contributed by atoms with E-state index in [2.05, 4.69) is 34.1 Å². The van der Waals surface area contributed by atoms with Crippen LogP contribution < -0.4 is 5.32 Å². The summed E-state index contributed by atoms with van der Waals surface area (Å²) in [7, 11) is 0. The largest absolute Gasteiger partial charge is 0.373 e. The first-order valence-electron chi connectivity index (χ1n) is 9.83. The fourth-order valence-electron chi connectivity index (χ4n) is 3.72.